The van der Waals surface area contributed by atoms with Gasteiger partial charge in [0.15, 0.2) is 0 Å². The molecule has 0 atom stereocenters. The SMILES string of the molecule is CCCONC1=NCCCCC1. The summed E-state index contributed by atoms with van der Waals surface area (Å²) in [7, 11) is 0. The molecule has 3 heteroatoms. The number of aliphatic imine (C=N–C) groups is 1. The van der Waals surface area contributed by atoms with Gasteiger partial charge in [0.2, 0.25) is 0 Å². The maximum atomic E-state index is 5.20. The van der Waals surface area contributed by atoms with Crippen LogP contribution in [-0.2, 0) is 4.84 Å². The van der Waals surface area contributed by atoms with Crippen molar-refractivity contribution in [2.45, 2.75) is 39.0 Å². The zero-order valence-corrected chi connectivity index (χ0v) is 7.81. The van der Waals surface area contributed by atoms with E-state index in [1.807, 2.05) is 0 Å². The summed E-state index contributed by atoms with van der Waals surface area (Å²) in [6.07, 6.45) is 5.84. The molecule has 0 saturated carbocycles. The van der Waals surface area contributed by atoms with E-state index in [2.05, 4.69) is 17.4 Å². The second kappa shape index (κ2) is 6.00. The summed E-state index contributed by atoms with van der Waals surface area (Å²) < 4.78 is 0. The lowest BCUT2D eigenvalue weighted by Gasteiger charge is -2.06. The molecule has 0 aromatic heterocycles. The normalized spacial score (nSPS) is 18.2. The van der Waals surface area contributed by atoms with E-state index in [0.717, 1.165) is 31.8 Å². The van der Waals surface area contributed by atoms with Gasteiger partial charge in [0.05, 0.1) is 6.61 Å². The summed E-state index contributed by atoms with van der Waals surface area (Å²) >= 11 is 0. The molecule has 0 radical (unpaired) electrons. The van der Waals surface area contributed by atoms with Crippen LogP contribution in [0.3, 0.4) is 0 Å². The average Bonchev–Trinajstić information content (AvgIpc) is 2.33. The van der Waals surface area contributed by atoms with Gasteiger partial charge in [0.25, 0.3) is 0 Å². The molecule has 0 fully saturated rings. The molecule has 0 aromatic carbocycles. The Morgan fingerprint density at radius 1 is 1.42 bits per heavy atom. The third-order valence-corrected chi connectivity index (χ3v) is 1.87. The van der Waals surface area contributed by atoms with Gasteiger partial charge in [-0.3, -0.25) is 15.3 Å². The number of amidine groups is 1. The minimum atomic E-state index is 0.763. The van der Waals surface area contributed by atoms with E-state index in [-0.39, 0.29) is 0 Å². The van der Waals surface area contributed by atoms with Crippen LogP contribution in [0, 0.1) is 0 Å². The van der Waals surface area contributed by atoms with E-state index >= 15 is 0 Å². The second-order valence-corrected chi connectivity index (χ2v) is 3.09. The Balaban J connectivity index is 2.15. The van der Waals surface area contributed by atoms with Crippen molar-refractivity contribution in [3.05, 3.63) is 0 Å². The highest BCUT2D eigenvalue weighted by Gasteiger charge is 2.02. The molecule has 3 nitrogen and oxygen atoms in total. The standard InChI is InChI=1S/C9H18N2O/c1-2-8-12-11-9-6-4-3-5-7-10-9/h2-8H2,1H3,(H,10,11). The van der Waals surface area contributed by atoms with E-state index in [1.54, 1.807) is 0 Å². The van der Waals surface area contributed by atoms with E-state index in [0.29, 0.717) is 0 Å². The molecule has 0 saturated heterocycles. The van der Waals surface area contributed by atoms with Crippen molar-refractivity contribution in [1.29, 1.82) is 0 Å². The Bertz CT molecular complexity index is 145. The molecule has 70 valence electrons. The van der Waals surface area contributed by atoms with Crippen LogP contribution in [0.5, 0.6) is 0 Å². The molecule has 1 N–H and O–H groups in total. The van der Waals surface area contributed by atoms with Gasteiger partial charge in [-0.15, -0.1) is 0 Å². The highest BCUT2D eigenvalue weighted by Crippen LogP contribution is 2.05. The minimum Gasteiger partial charge on any atom is -0.275 e. The maximum absolute atomic E-state index is 5.20. The van der Waals surface area contributed by atoms with Crippen LogP contribution in [0.15, 0.2) is 4.99 Å². The zero-order valence-electron chi connectivity index (χ0n) is 7.81. The van der Waals surface area contributed by atoms with Gasteiger partial charge < -0.3 is 0 Å². The fraction of sp³-hybridized carbons (Fsp3) is 0.889. The van der Waals surface area contributed by atoms with Gasteiger partial charge >= 0.3 is 0 Å². The second-order valence-electron chi connectivity index (χ2n) is 3.09. The molecule has 1 rings (SSSR count). The Labute approximate surface area is 74.2 Å². The summed E-state index contributed by atoms with van der Waals surface area (Å²) in [6, 6.07) is 0. The first-order valence-electron chi connectivity index (χ1n) is 4.84. The Morgan fingerprint density at radius 2 is 2.33 bits per heavy atom. The van der Waals surface area contributed by atoms with Gasteiger partial charge in [-0.2, -0.15) is 0 Å². The fourth-order valence-corrected chi connectivity index (χ4v) is 1.19. The van der Waals surface area contributed by atoms with Crippen LogP contribution < -0.4 is 5.48 Å². The van der Waals surface area contributed by atoms with Crippen LogP contribution in [0.2, 0.25) is 0 Å². The van der Waals surface area contributed by atoms with Crippen LogP contribution in [0.1, 0.15) is 39.0 Å². The summed E-state index contributed by atoms with van der Waals surface area (Å²) in [5.74, 6) is 1.03. The monoisotopic (exact) mass is 170 g/mol. The van der Waals surface area contributed by atoms with Crippen LogP contribution >= 0.6 is 0 Å². The number of hydroxylamine groups is 1. The average molecular weight is 170 g/mol. The van der Waals surface area contributed by atoms with Crippen molar-refractivity contribution in [3.8, 4) is 0 Å². The molecule has 1 aliphatic rings. The van der Waals surface area contributed by atoms with E-state index in [4.69, 9.17) is 4.84 Å². The number of hydrogen-bond acceptors (Lipinski definition) is 3. The lowest BCUT2D eigenvalue weighted by atomic mass is 10.2. The predicted octanol–water partition coefficient (Wildman–Crippen LogP) is 1.89. The number of hydrogen-bond donors (Lipinski definition) is 1. The summed E-state index contributed by atoms with van der Waals surface area (Å²) in [5.41, 5.74) is 2.91. The first-order chi connectivity index (χ1) is 5.93. The lowest BCUT2D eigenvalue weighted by Crippen LogP contribution is -2.23. The molecule has 0 aliphatic carbocycles. The topological polar surface area (TPSA) is 33.6 Å². The Morgan fingerprint density at radius 3 is 3.17 bits per heavy atom. The highest BCUT2D eigenvalue weighted by atomic mass is 16.6. The summed E-state index contributed by atoms with van der Waals surface area (Å²) in [5, 5.41) is 0. The number of rotatable bonds is 3. The van der Waals surface area contributed by atoms with Gasteiger partial charge in [0, 0.05) is 13.0 Å². The third kappa shape index (κ3) is 3.72. The molecule has 0 aromatic rings. The van der Waals surface area contributed by atoms with Gasteiger partial charge in [0.1, 0.15) is 5.84 Å². The van der Waals surface area contributed by atoms with Gasteiger partial charge in [-0.05, 0) is 19.3 Å². The van der Waals surface area contributed by atoms with E-state index in [1.165, 1.54) is 19.3 Å². The van der Waals surface area contributed by atoms with Crippen molar-refractivity contribution in [3.63, 3.8) is 0 Å². The maximum Gasteiger partial charge on any atom is 0.120 e. The first kappa shape index (κ1) is 9.52. The molecule has 0 unspecified atom stereocenters. The van der Waals surface area contributed by atoms with Gasteiger partial charge in [-0.1, -0.05) is 13.3 Å². The molecule has 12 heavy (non-hydrogen) atoms. The van der Waals surface area contributed by atoms with E-state index in [9.17, 15) is 0 Å². The Hall–Kier alpha value is -0.570. The molecule has 0 spiro atoms. The van der Waals surface area contributed by atoms with Crippen molar-refractivity contribution in [2.24, 2.45) is 4.99 Å². The van der Waals surface area contributed by atoms with Crippen molar-refractivity contribution >= 4 is 5.84 Å². The summed E-state index contributed by atoms with van der Waals surface area (Å²) in [6.45, 7) is 3.81. The third-order valence-electron chi connectivity index (χ3n) is 1.87. The lowest BCUT2D eigenvalue weighted by molar-refractivity contribution is 0.0840. The molecular formula is C9H18N2O. The Kier molecular flexibility index (Phi) is 4.76. The molecule has 0 bridgehead atoms. The molecule has 1 heterocycles. The number of nitrogens with one attached hydrogen (secondary N) is 1. The molecular weight excluding hydrogens is 152 g/mol. The van der Waals surface area contributed by atoms with Gasteiger partial charge in [-0.25, -0.2) is 0 Å². The quantitative estimate of drug-likeness (QED) is 0.518. The predicted molar refractivity (Wildman–Crippen MR) is 50.1 cm³/mol. The smallest absolute Gasteiger partial charge is 0.120 e. The van der Waals surface area contributed by atoms with Crippen LogP contribution in [-0.4, -0.2) is 19.0 Å². The van der Waals surface area contributed by atoms with Crippen LogP contribution in [0.4, 0.5) is 0 Å². The largest absolute Gasteiger partial charge is 0.275 e. The minimum absolute atomic E-state index is 0.763. The first-order valence-corrected chi connectivity index (χ1v) is 4.84. The van der Waals surface area contributed by atoms with Crippen molar-refractivity contribution in [2.75, 3.05) is 13.2 Å². The highest BCUT2D eigenvalue weighted by molar-refractivity contribution is 5.81. The summed E-state index contributed by atoms with van der Waals surface area (Å²) in [4.78, 5) is 9.57. The van der Waals surface area contributed by atoms with Crippen molar-refractivity contribution < 1.29 is 4.84 Å². The molecule has 1 aliphatic heterocycles. The van der Waals surface area contributed by atoms with Crippen LogP contribution in [0.25, 0.3) is 0 Å². The fourth-order valence-electron chi connectivity index (χ4n) is 1.19. The van der Waals surface area contributed by atoms with Crippen molar-refractivity contribution in [1.82, 2.24) is 5.48 Å². The zero-order chi connectivity index (χ0) is 8.65. The molecule has 0 amide bonds. The van der Waals surface area contributed by atoms with E-state index < -0.39 is 0 Å². The number of nitrogens with zero attached hydrogens (tertiary/aromatic N) is 1.